The number of nitrogens with one attached hydrogen (secondary N) is 2. The molecular weight excluding hydrogens is 453 g/mol. The second-order valence-corrected chi connectivity index (χ2v) is 5.47. The quantitative estimate of drug-likeness (QED) is 0.379. The summed E-state index contributed by atoms with van der Waals surface area (Å²) in [7, 11) is 4.98. The zero-order valence-electron chi connectivity index (χ0n) is 14.5. The molecule has 2 rings (SSSR count). The standard InChI is InChI=1S/C18H22ClN3O2.HI/c1-20-18(22-12-14-6-4-5-7-15(14)19)21-11-13-8-9-16(23-2)17(10-13)24-3;/h4-10H,11-12H2,1-3H3,(H2,20,21,22);1H. The number of methoxy groups -OCH3 is 2. The van der Waals surface area contributed by atoms with Gasteiger partial charge in [0.2, 0.25) is 0 Å². The van der Waals surface area contributed by atoms with E-state index < -0.39 is 0 Å². The van der Waals surface area contributed by atoms with E-state index in [4.69, 9.17) is 21.1 Å². The topological polar surface area (TPSA) is 54.9 Å². The highest BCUT2D eigenvalue weighted by Gasteiger charge is 2.06. The van der Waals surface area contributed by atoms with Gasteiger partial charge in [-0.15, -0.1) is 24.0 Å². The molecule has 2 N–H and O–H groups in total. The van der Waals surface area contributed by atoms with Gasteiger partial charge in [0, 0.05) is 25.2 Å². The van der Waals surface area contributed by atoms with E-state index >= 15 is 0 Å². The van der Waals surface area contributed by atoms with Crippen LogP contribution in [0.3, 0.4) is 0 Å². The number of hydrogen-bond acceptors (Lipinski definition) is 3. The molecule has 2 aromatic rings. The largest absolute Gasteiger partial charge is 0.493 e. The summed E-state index contributed by atoms with van der Waals surface area (Å²) in [5, 5.41) is 7.25. The fraction of sp³-hybridized carbons (Fsp3) is 0.278. The molecule has 0 heterocycles. The van der Waals surface area contributed by atoms with Gasteiger partial charge < -0.3 is 20.1 Å². The Hall–Kier alpha value is -1.67. The molecule has 0 bridgehead atoms. The van der Waals surface area contributed by atoms with E-state index in [2.05, 4.69) is 15.6 Å². The Balaban J connectivity index is 0.00000312. The summed E-state index contributed by atoms with van der Waals surface area (Å²) in [5.41, 5.74) is 2.08. The normalized spacial score (nSPS) is 10.6. The molecular formula is C18H23ClIN3O2. The van der Waals surface area contributed by atoms with Gasteiger partial charge in [-0.05, 0) is 29.3 Å². The third-order valence-electron chi connectivity index (χ3n) is 3.54. The van der Waals surface area contributed by atoms with Crippen molar-refractivity contribution in [1.82, 2.24) is 10.6 Å². The van der Waals surface area contributed by atoms with Gasteiger partial charge in [-0.3, -0.25) is 4.99 Å². The van der Waals surface area contributed by atoms with E-state index in [0.717, 1.165) is 16.1 Å². The molecule has 0 aromatic heterocycles. The minimum Gasteiger partial charge on any atom is -0.493 e. The molecule has 7 heteroatoms. The van der Waals surface area contributed by atoms with E-state index in [0.29, 0.717) is 30.5 Å². The second-order valence-electron chi connectivity index (χ2n) is 5.06. The summed E-state index contributed by atoms with van der Waals surface area (Å²) < 4.78 is 10.6. The van der Waals surface area contributed by atoms with Crippen molar-refractivity contribution >= 4 is 41.5 Å². The smallest absolute Gasteiger partial charge is 0.191 e. The van der Waals surface area contributed by atoms with E-state index in [9.17, 15) is 0 Å². The predicted molar refractivity (Wildman–Crippen MR) is 113 cm³/mol. The van der Waals surface area contributed by atoms with Crippen LogP contribution in [0.2, 0.25) is 5.02 Å². The Bertz CT molecular complexity index is 710. The van der Waals surface area contributed by atoms with Crippen molar-refractivity contribution in [2.24, 2.45) is 4.99 Å². The van der Waals surface area contributed by atoms with Crippen LogP contribution in [0.5, 0.6) is 11.5 Å². The van der Waals surface area contributed by atoms with Crippen LogP contribution in [-0.2, 0) is 13.1 Å². The summed E-state index contributed by atoms with van der Waals surface area (Å²) >= 11 is 6.16. The van der Waals surface area contributed by atoms with E-state index in [1.165, 1.54) is 0 Å². The molecule has 0 aliphatic carbocycles. The third kappa shape index (κ3) is 6.28. The number of aliphatic imine (C=N–C) groups is 1. The molecule has 0 unspecified atom stereocenters. The minimum atomic E-state index is 0. The molecule has 0 spiro atoms. The molecule has 0 atom stereocenters. The lowest BCUT2D eigenvalue weighted by molar-refractivity contribution is 0.354. The van der Waals surface area contributed by atoms with Gasteiger partial charge in [0.15, 0.2) is 17.5 Å². The van der Waals surface area contributed by atoms with Crippen molar-refractivity contribution in [3.8, 4) is 11.5 Å². The van der Waals surface area contributed by atoms with Crippen LogP contribution >= 0.6 is 35.6 Å². The molecule has 0 aliphatic rings. The Kier molecular flexibility index (Phi) is 9.44. The molecule has 25 heavy (non-hydrogen) atoms. The van der Waals surface area contributed by atoms with Crippen LogP contribution in [0, 0.1) is 0 Å². The number of hydrogen-bond donors (Lipinski definition) is 2. The van der Waals surface area contributed by atoms with Crippen molar-refractivity contribution in [3.05, 3.63) is 58.6 Å². The lowest BCUT2D eigenvalue weighted by atomic mass is 10.2. The first kappa shape index (κ1) is 21.4. The third-order valence-corrected chi connectivity index (χ3v) is 3.90. The fourth-order valence-corrected chi connectivity index (χ4v) is 2.42. The van der Waals surface area contributed by atoms with Crippen LogP contribution in [0.25, 0.3) is 0 Å². The van der Waals surface area contributed by atoms with Crippen molar-refractivity contribution in [2.45, 2.75) is 13.1 Å². The first-order valence-electron chi connectivity index (χ1n) is 7.56. The number of benzene rings is 2. The maximum Gasteiger partial charge on any atom is 0.191 e. The molecule has 2 aromatic carbocycles. The Labute approximate surface area is 170 Å². The van der Waals surface area contributed by atoms with Crippen molar-refractivity contribution in [3.63, 3.8) is 0 Å². The van der Waals surface area contributed by atoms with Gasteiger partial charge in [-0.2, -0.15) is 0 Å². The van der Waals surface area contributed by atoms with Crippen LogP contribution < -0.4 is 20.1 Å². The first-order chi connectivity index (χ1) is 11.7. The average molecular weight is 476 g/mol. The lowest BCUT2D eigenvalue weighted by Gasteiger charge is -2.14. The Morgan fingerprint density at radius 2 is 1.68 bits per heavy atom. The Morgan fingerprint density at radius 1 is 1.00 bits per heavy atom. The average Bonchev–Trinajstić information content (AvgIpc) is 2.62. The van der Waals surface area contributed by atoms with Crippen molar-refractivity contribution in [2.75, 3.05) is 21.3 Å². The molecule has 0 aliphatic heterocycles. The summed E-state index contributed by atoms with van der Waals surface area (Å²) in [6.07, 6.45) is 0. The highest BCUT2D eigenvalue weighted by molar-refractivity contribution is 14.0. The number of nitrogens with zero attached hydrogens (tertiary/aromatic N) is 1. The number of guanidine groups is 1. The summed E-state index contributed by atoms with van der Waals surface area (Å²) in [6, 6.07) is 13.5. The van der Waals surface area contributed by atoms with Crippen LogP contribution in [0.4, 0.5) is 0 Å². The molecule has 0 fully saturated rings. The van der Waals surface area contributed by atoms with E-state index in [1.54, 1.807) is 21.3 Å². The summed E-state index contributed by atoms with van der Waals surface area (Å²) in [4.78, 5) is 4.22. The van der Waals surface area contributed by atoms with Crippen LogP contribution in [0.15, 0.2) is 47.5 Å². The Morgan fingerprint density at radius 3 is 2.32 bits per heavy atom. The maximum atomic E-state index is 6.16. The van der Waals surface area contributed by atoms with Gasteiger partial charge in [0.25, 0.3) is 0 Å². The highest BCUT2D eigenvalue weighted by atomic mass is 127. The summed E-state index contributed by atoms with van der Waals surface area (Å²) in [5.74, 6) is 2.11. The summed E-state index contributed by atoms with van der Waals surface area (Å²) in [6.45, 7) is 1.22. The highest BCUT2D eigenvalue weighted by Crippen LogP contribution is 2.27. The lowest BCUT2D eigenvalue weighted by Crippen LogP contribution is -2.36. The monoisotopic (exact) mass is 475 g/mol. The molecule has 0 radical (unpaired) electrons. The zero-order chi connectivity index (χ0) is 17.4. The number of rotatable bonds is 6. The van der Waals surface area contributed by atoms with Crippen LogP contribution in [-0.4, -0.2) is 27.2 Å². The number of ether oxygens (including phenoxy) is 2. The molecule has 5 nitrogen and oxygen atoms in total. The van der Waals surface area contributed by atoms with Gasteiger partial charge in [-0.1, -0.05) is 35.9 Å². The molecule has 0 amide bonds. The minimum absolute atomic E-state index is 0. The van der Waals surface area contributed by atoms with Gasteiger partial charge in [0.1, 0.15) is 0 Å². The fourth-order valence-electron chi connectivity index (χ4n) is 2.22. The SMILES string of the molecule is CN=C(NCc1ccc(OC)c(OC)c1)NCc1ccccc1Cl.I. The second kappa shape index (κ2) is 11.0. The number of halogens is 2. The van der Waals surface area contributed by atoms with E-state index in [-0.39, 0.29) is 24.0 Å². The van der Waals surface area contributed by atoms with Gasteiger partial charge >= 0.3 is 0 Å². The predicted octanol–water partition coefficient (Wildman–Crippen LogP) is 3.84. The molecule has 0 saturated heterocycles. The van der Waals surface area contributed by atoms with Crippen molar-refractivity contribution < 1.29 is 9.47 Å². The van der Waals surface area contributed by atoms with E-state index in [1.807, 2.05) is 42.5 Å². The van der Waals surface area contributed by atoms with Gasteiger partial charge in [-0.25, -0.2) is 0 Å². The van der Waals surface area contributed by atoms with Gasteiger partial charge in [0.05, 0.1) is 14.2 Å². The molecule has 136 valence electrons. The zero-order valence-corrected chi connectivity index (χ0v) is 17.6. The molecule has 0 saturated carbocycles. The first-order valence-corrected chi connectivity index (χ1v) is 7.94. The van der Waals surface area contributed by atoms with Crippen molar-refractivity contribution in [1.29, 1.82) is 0 Å². The maximum absolute atomic E-state index is 6.16. The van der Waals surface area contributed by atoms with Crippen LogP contribution in [0.1, 0.15) is 11.1 Å².